The second-order valence-electron chi connectivity index (χ2n) is 6.06. The number of aryl methyl sites for hydroxylation is 1. The first kappa shape index (κ1) is 18.3. The third kappa shape index (κ3) is 4.74. The van der Waals surface area contributed by atoms with Gasteiger partial charge in [0.1, 0.15) is 0 Å². The Labute approximate surface area is 139 Å². The first-order chi connectivity index (χ1) is 11.4. The van der Waals surface area contributed by atoms with Crippen molar-refractivity contribution in [3.05, 3.63) is 35.4 Å². The first-order valence-electron chi connectivity index (χ1n) is 8.08. The zero-order valence-electron chi connectivity index (χ0n) is 13.6. The van der Waals surface area contributed by atoms with Gasteiger partial charge in [-0.3, -0.25) is 14.5 Å². The molecule has 0 saturated heterocycles. The van der Waals surface area contributed by atoms with Crippen molar-refractivity contribution in [3.8, 4) is 0 Å². The maximum atomic E-state index is 13.5. The van der Waals surface area contributed by atoms with E-state index in [1.54, 1.807) is 0 Å². The Morgan fingerprint density at radius 3 is 2.67 bits per heavy atom. The molecule has 2 N–H and O–H groups in total. The predicted molar refractivity (Wildman–Crippen MR) is 84.5 cm³/mol. The minimum atomic E-state index is -0.909. The second-order valence-corrected chi connectivity index (χ2v) is 6.06. The molecular formula is C17H22F2N2O3. The summed E-state index contributed by atoms with van der Waals surface area (Å²) in [6.45, 7) is 2.56. The van der Waals surface area contributed by atoms with Crippen LogP contribution >= 0.6 is 0 Å². The van der Waals surface area contributed by atoms with E-state index in [-0.39, 0.29) is 42.9 Å². The van der Waals surface area contributed by atoms with E-state index in [0.29, 0.717) is 19.4 Å². The smallest absolute Gasteiger partial charge is 0.317 e. The molecule has 0 heterocycles. The van der Waals surface area contributed by atoms with Gasteiger partial charge in [-0.15, -0.1) is 0 Å². The van der Waals surface area contributed by atoms with Crippen LogP contribution in [0, 0.1) is 11.6 Å². The average Bonchev–Trinajstić information content (AvgIpc) is 2.49. The second kappa shape index (κ2) is 8.19. The lowest BCUT2D eigenvalue weighted by atomic mass is 9.85. The molecule has 0 aromatic heterocycles. The summed E-state index contributed by atoms with van der Waals surface area (Å²) in [7, 11) is 0. The fourth-order valence-electron chi connectivity index (χ4n) is 2.97. The molecule has 0 atom stereocenters. The fraction of sp³-hybridized carbons (Fsp3) is 0.529. The topological polar surface area (TPSA) is 69.6 Å². The van der Waals surface area contributed by atoms with Gasteiger partial charge in [0.25, 0.3) is 0 Å². The number of carboxylic acids is 1. The lowest BCUT2D eigenvalue weighted by molar-refractivity contribution is -0.139. The van der Waals surface area contributed by atoms with Crippen molar-refractivity contribution in [2.24, 2.45) is 0 Å². The van der Waals surface area contributed by atoms with E-state index in [1.165, 1.54) is 12.1 Å². The summed E-state index contributed by atoms with van der Waals surface area (Å²) in [5.41, 5.74) is 0.190. The number of hydrogen-bond donors (Lipinski definition) is 2. The monoisotopic (exact) mass is 340 g/mol. The summed E-state index contributed by atoms with van der Waals surface area (Å²) in [4.78, 5) is 24.5. The Morgan fingerprint density at radius 2 is 2.04 bits per heavy atom. The molecule has 0 aliphatic heterocycles. The number of carbonyl (C=O) groups excluding carboxylic acids is 1. The Balaban J connectivity index is 1.73. The minimum absolute atomic E-state index is 0.000676. The Hall–Kier alpha value is -2.02. The molecule has 0 radical (unpaired) electrons. The summed E-state index contributed by atoms with van der Waals surface area (Å²) in [5, 5.41) is 11.7. The van der Waals surface area contributed by atoms with Crippen LogP contribution in [-0.2, 0) is 16.0 Å². The molecule has 24 heavy (non-hydrogen) atoms. The fourth-order valence-corrected chi connectivity index (χ4v) is 2.97. The molecule has 0 bridgehead atoms. The average molecular weight is 340 g/mol. The van der Waals surface area contributed by atoms with Gasteiger partial charge in [-0.05, 0) is 37.4 Å². The molecule has 1 amide bonds. The van der Waals surface area contributed by atoms with Gasteiger partial charge < -0.3 is 10.4 Å². The van der Waals surface area contributed by atoms with E-state index < -0.39 is 17.6 Å². The molecule has 5 nitrogen and oxygen atoms in total. The van der Waals surface area contributed by atoms with Crippen LogP contribution in [0.25, 0.3) is 0 Å². The van der Waals surface area contributed by atoms with Gasteiger partial charge in [-0.2, -0.15) is 0 Å². The van der Waals surface area contributed by atoms with Crippen molar-refractivity contribution < 1.29 is 23.5 Å². The van der Waals surface area contributed by atoms with Crippen LogP contribution in [0.2, 0.25) is 0 Å². The summed E-state index contributed by atoms with van der Waals surface area (Å²) in [6.07, 6.45) is 1.65. The lowest BCUT2D eigenvalue weighted by Crippen LogP contribution is -2.54. The molecule has 1 aromatic rings. The van der Waals surface area contributed by atoms with Gasteiger partial charge in [0.15, 0.2) is 11.6 Å². The molecule has 1 aliphatic carbocycles. The van der Waals surface area contributed by atoms with Gasteiger partial charge in [0.2, 0.25) is 5.91 Å². The molecular weight excluding hydrogens is 318 g/mol. The number of aliphatic carboxylic acids is 1. The van der Waals surface area contributed by atoms with Gasteiger partial charge in [-0.25, -0.2) is 8.78 Å². The van der Waals surface area contributed by atoms with Crippen LogP contribution in [0.4, 0.5) is 8.78 Å². The number of nitrogens with zero attached hydrogens (tertiary/aromatic N) is 1. The van der Waals surface area contributed by atoms with E-state index in [0.717, 1.165) is 6.07 Å². The standard InChI is InChI=1S/C17H22F2N2O3/c1-2-21(10-16(23)24)13-8-12(9-13)20-15(22)7-6-11-4-3-5-14(18)17(11)19/h3-5,12-13H,2,6-10H2,1H3,(H,20,22)(H,23,24). The van der Waals surface area contributed by atoms with Crippen LogP contribution in [0.1, 0.15) is 31.7 Å². The molecule has 1 saturated carbocycles. The van der Waals surface area contributed by atoms with Gasteiger partial charge in [0.05, 0.1) is 6.54 Å². The number of rotatable bonds is 8. The number of carboxylic acid groups (broad SMARTS) is 1. The molecule has 0 spiro atoms. The summed E-state index contributed by atoms with van der Waals surface area (Å²) in [6, 6.07) is 4.11. The van der Waals surface area contributed by atoms with E-state index in [9.17, 15) is 18.4 Å². The van der Waals surface area contributed by atoms with Crippen molar-refractivity contribution in [2.75, 3.05) is 13.1 Å². The predicted octanol–water partition coefficient (Wildman–Crippen LogP) is 1.95. The molecule has 132 valence electrons. The van der Waals surface area contributed by atoms with Crippen molar-refractivity contribution in [3.63, 3.8) is 0 Å². The SMILES string of the molecule is CCN(CC(=O)O)C1CC(NC(=O)CCc2cccc(F)c2F)C1. The van der Waals surface area contributed by atoms with Gasteiger partial charge in [0, 0.05) is 18.5 Å². The molecule has 2 rings (SSSR count). The summed E-state index contributed by atoms with van der Waals surface area (Å²) >= 11 is 0. The van der Waals surface area contributed by atoms with Crippen LogP contribution in [0.15, 0.2) is 18.2 Å². The molecule has 1 aliphatic rings. The van der Waals surface area contributed by atoms with Crippen molar-refractivity contribution in [2.45, 2.75) is 44.7 Å². The zero-order chi connectivity index (χ0) is 17.7. The normalized spacial score (nSPS) is 19.8. The lowest BCUT2D eigenvalue weighted by Gasteiger charge is -2.42. The van der Waals surface area contributed by atoms with Crippen molar-refractivity contribution in [1.29, 1.82) is 0 Å². The molecule has 0 unspecified atom stereocenters. The van der Waals surface area contributed by atoms with Crippen LogP contribution in [0.3, 0.4) is 0 Å². The highest BCUT2D eigenvalue weighted by molar-refractivity contribution is 5.76. The van der Waals surface area contributed by atoms with Gasteiger partial charge in [-0.1, -0.05) is 19.1 Å². The number of likely N-dealkylation sites (N-methyl/N-ethyl adjacent to an activating group) is 1. The summed E-state index contributed by atoms with van der Waals surface area (Å²) in [5.74, 6) is -2.88. The molecule has 1 aromatic carbocycles. The number of nitrogens with one attached hydrogen (secondary N) is 1. The highest BCUT2D eigenvalue weighted by Gasteiger charge is 2.34. The quantitative estimate of drug-likeness (QED) is 0.759. The Bertz CT molecular complexity index is 603. The highest BCUT2D eigenvalue weighted by Crippen LogP contribution is 2.25. The van der Waals surface area contributed by atoms with E-state index in [1.807, 2.05) is 11.8 Å². The maximum absolute atomic E-state index is 13.5. The van der Waals surface area contributed by atoms with Crippen molar-refractivity contribution >= 4 is 11.9 Å². The minimum Gasteiger partial charge on any atom is -0.480 e. The zero-order valence-corrected chi connectivity index (χ0v) is 13.6. The van der Waals surface area contributed by atoms with Gasteiger partial charge >= 0.3 is 5.97 Å². The Morgan fingerprint density at radius 1 is 1.33 bits per heavy atom. The number of halogens is 2. The largest absolute Gasteiger partial charge is 0.480 e. The third-order valence-electron chi connectivity index (χ3n) is 4.39. The molecule has 1 fully saturated rings. The van der Waals surface area contributed by atoms with Crippen LogP contribution < -0.4 is 5.32 Å². The highest BCUT2D eigenvalue weighted by atomic mass is 19.2. The summed E-state index contributed by atoms with van der Waals surface area (Å²) < 4.78 is 26.6. The third-order valence-corrected chi connectivity index (χ3v) is 4.39. The van der Waals surface area contributed by atoms with Crippen LogP contribution in [-0.4, -0.2) is 47.1 Å². The Kier molecular flexibility index (Phi) is 6.25. The van der Waals surface area contributed by atoms with E-state index in [2.05, 4.69) is 5.32 Å². The number of hydrogen-bond acceptors (Lipinski definition) is 3. The maximum Gasteiger partial charge on any atom is 0.317 e. The van der Waals surface area contributed by atoms with E-state index in [4.69, 9.17) is 5.11 Å². The first-order valence-corrected chi connectivity index (χ1v) is 8.08. The number of carbonyl (C=O) groups is 2. The van der Waals surface area contributed by atoms with Crippen LogP contribution in [0.5, 0.6) is 0 Å². The van der Waals surface area contributed by atoms with Crippen molar-refractivity contribution in [1.82, 2.24) is 10.2 Å². The molecule has 7 heteroatoms. The number of amides is 1. The van der Waals surface area contributed by atoms with E-state index >= 15 is 0 Å². The number of benzene rings is 1.